The molecule has 0 aliphatic carbocycles. The molecule has 3 nitrogen and oxygen atoms in total. The van der Waals surface area contributed by atoms with Gasteiger partial charge in [0.25, 0.3) is 0 Å². The van der Waals surface area contributed by atoms with Crippen molar-refractivity contribution in [2.45, 2.75) is 26.8 Å². The van der Waals surface area contributed by atoms with Gasteiger partial charge < -0.3 is 9.67 Å². The van der Waals surface area contributed by atoms with Crippen molar-refractivity contribution in [2.24, 2.45) is 0 Å². The highest BCUT2D eigenvalue weighted by atomic mass is 79.9. The molecule has 0 fully saturated rings. The summed E-state index contributed by atoms with van der Waals surface area (Å²) in [6.07, 6.45) is 0. The first-order valence-electron chi connectivity index (χ1n) is 6.13. The summed E-state index contributed by atoms with van der Waals surface area (Å²) in [6.45, 7) is 5.97. The molecule has 2 rings (SSSR count). The van der Waals surface area contributed by atoms with Gasteiger partial charge in [-0.3, -0.25) is 0 Å². The number of nitrogens with zero attached hydrogens (tertiary/aromatic N) is 1. The van der Waals surface area contributed by atoms with Gasteiger partial charge in [-0.1, -0.05) is 28.1 Å². The maximum absolute atomic E-state index is 11.3. The molecule has 1 aromatic carbocycles. The lowest BCUT2D eigenvalue weighted by molar-refractivity contribution is 0.0696. The van der Waals surface area contributed by atoms with Crippen molar-refractivity contribution >= 4 is 21.9 Å². The first-order valence-corrected chi connectivity index (χ1v) is 6.92. The van der Waals surface area contributed by atoms with Gasteiger partial charge in [0.15, 0.2) is 0 Å². The van der Waals surface area contributed by atoms with Gasteiger partial charge in [0, 0.05) is 21.9 Å². The highest BCUT2D eigenvalue weighted by molar-refractivity contribution is 9.10. The molecule has 0 aliphatic rings. The van der Waals surface area contributed by atoms with E-state index >= 15 is 0 Å². The summed E-state index contributed by atoms with van der Waals surface area (Å²) in [5.41, 5.74) is 3.12. The molecular formula is C15H16BrNO2. The maximum Gasteiger partial charge on any atom is 0.337 e. The van der Waals surface area contributed by atoms with Crippen LogP contribution in [0.5, 0.6) is 0 Å². The zero-order chi connectivity index (χ0) is 14.2. The van der Waals surface area contributed by atoms with Gasteiger partial charge in [-0.25, -0.2) is 4.79 Å². The van der Waals surface area contributed by atoms with Crippen LogP contribution in [0.4, 0.5) is 0 Å². The number of rotatable bonds is 3. The number of halogens is 1. The Labute approximate surface area is 121 Å². The first kappa shape index (κ1) is 13.9. The summed E-state index contributed by atoms with van der Waals surface area (Å²) < 4.78 is 3.07. The summed E-state index contributed by atoms with van der Waals surface area (Å²) >= 11 is 3.41. The van der Waals surface area contributed by atoms with E-state index in [-0.39, 0.29) is 6.04 Å². The molecule has 4 heteroatoms. The SMILES string of the molecule is Cc1c(C(=O)O)cc(-c2ccc(Br)cc2)n1C(C)C. The van der Waals surface area contributed by atoms with E-state index in [1.807, 2.05) is 31.2 Å². The number of carbonyl (C=O) groups is 1. The van der Waals surface area contributed by atoms with Crippen LogP contribution >= 0.6 is 15.9 Å². The van der Waals surface area contributed by atoms with Crippen LogP contribution in [-0.2, 0) is 0 Å². The number of benzene rings is 1. The molecule has 0 amide bonds. The van der Waals surface area contributed by atoms with Gasteiger partial charge in [-0.15, -0.1) is 0 Å². The fourth-order valence-corrected chi connectivity index (χ4v) is 2.61. The van der Waals surface area contributed by atoms with E-state index in [1.54, 1.807) is 6.07 Å². The fourth-order valence-electron chi connectivity index (χ4n) is 2.35. The van der Waals surface area contributed by atoms with E-state index in [9.17, 15) is 9.90 Å². The van der Waals surface area contributed by atoms with Crippen molar-refractivity contribution in [2.75, 3.05) is 0 Å². The van der Waals surface area contributed by atoms with Crippen LogP contribution < -0.4 is 0 Å². The third-order valence-corrected chi connectivity index (χ3v) is 3.71. The van der Waals surface area contributed by atoms with Gasteiger partial charge in [0.1, 0.15) is 0 Å². The molecule has 100 valence electrons. The van der Waals surface area contributed by atoms with Crippen LogP contribution in [0.1, 0.15) is 35.9 Å². The van der Waals surface area contributed by atoms with Crippen LogP contribution in [0, 0.1) is 6.92 Å². The molecule has 0 unspecified atom stereocenters. The fraction of sp³-hybridized carbons (Fsp3) is 0.267. The molecule has 1 heterocycles. The molecule has 0 radical (unpaired) electrons. The summed E-state index contributed by atoms with van der Waals surface area (Å²) in [4.78, 5) is 11.3. The first-order chi connectivity index (χ1) is 8.91. The highest BCUT2D eigenvalue weighted by Gasteiger charge is 2.19. The maximum atomic E-state index is 11.3. The van der Waals surface area contributed by atoms with E-state index in [4.69, 9.17) is 0 Å². The quantitative estimate of drug-likeness (QED) is 0.904. The summed E-state index contributed by atoms with van der Waals surface area (Å²) in [7, 11) is 0. The van der Waals surface area contributed by atoms with Crippen LogP contribution in [-0.4, -0.2) is 15.6 Å². The molecule has 1 N–H and O–H groups in total. The number of aromatic nitrogens is 1. The number of hydrogen-bond donors (Lipinski definition) is 1. The Bertz CT molecular complexity index is 612. The Morgan fingerprint density at radius 3 is 2.32 bits per heavy atom. The molecule has 0 atom stereocenters. The van der Waals surface area contributed by atoms with Gasteiger partial charge in [0.2, 0.25) is 0 Å². The number of carboxylic acid groups (broad SMARTS) is 1. The predicted molar refractivity (Wildman–Crippen MR) is 79.6 cm³/mol. The van der Waals surface area contributed by atoms with Crippen LogP contribution in [0.3, 0.4) is 0 Å². The molecule has 19 heavy (non-hydrogen) atoms. The van der Waals surface area contributed by atoms with E-state index in [0.717, 1.165) is 21.4 Å². The second-order valence-corrected chi connectivity index (χ2v) is 5.72. The minimum atomic E-state index is -0.879. The van der Waals surface area contributed by atoms with Crippen molar-refractivity contribution < 1.29 is 9.90 Å². The molecule has 1 aromatic heterocycles. The third-order valence-electron chi connectivity index (χ3n) is 3.18. The largest absolute Gasteiger partial charge is 0.478 e. The highest BCUT2D eigenvalue weighted by Crippen LogP contribution is 2.30. The van der Waals surface area contributed by atoms with Gasteiger partial charge in [0.05, 0.1) is 5.56 Å². The zero-order valence-corrected chi connectivity index (χ0v) is 12.7. The smallest absolute Gasteiger partial charge is 0.337 e. The van der Waals surface area contributed by atoms with Crippen molar-refractivity contribution in [1.29, 1.82) is 0 Å². The Morgan fingerprint density at radius 2 is 1.84 bits per heavy atom. The van der Waals surface area contributed by atoms with Gasteiger partial charge >= 0.3 is 5.97 Å². The van der Waals surface area contributed by atoms with Crippen molar-refractivity contribution in [3.63, 3.8) is 0 Å². The lowest BCUT2D eigenvalue weighted by Gasteiger charge is -2.15. The van der Waals surface area contributed by atoms with E-state index < -0.39 is 5.97 Å². The van der Waals surface area contributed by atoms with Crippen molar-refractivity contribution in [1.82, 2.24) is 4.57 Å². The summed E-state index contributed by atoms with van der Waals surface area (Å²) in [5.74, 6) is -0.879. The third kappa shape index (κ3) is 2.59. The standard InChI is InChI=1S/C15H16BrNO2/c1-9(2)17-10(3)13(15(18)19)8-14(17)11-4-6-12(16)7-5-11/h4-9H,1-3H3,(H,18,19). The second kappa shape index (κ2) is 5.21. The zero-order valence-electron chi connectivity index (χ0n) is 11.1. The minimum Gasteiger partial charge on any atom is -0.478 e. The van der Waals surface area contributed by atoms with Crippen molar-refractivity contribution in [3.05, 3.63) is 46.1 Å². The minimum absolute atomic E-state index is 0.215. The summed E-state index contributed by atoms with van der Waals surface area (Å²) in [6, 6.07) is 9.87. The number of carboxylic acids is 1. The molecule has 0 saturated heterocycles. The van der Waals surface area contributed by atoms with E-state index in [0.29, 0.717) is 5.56 Å². The van der Waals surface area contributed by atoms with Crippen LogP contribution in [0.2, 0.25) is 0 Å². The Hall–Kier alpha value is -1.55. The second-order valence-electron chi connectivity index (χ2n) is 4.80. The molecule has 0 aliphatic heterocycles. The monoisotopic (exact) mass is 321 g/mol. The Balaban J connectivity index is 2.65. The molecule has 0 spiro atoms. The molecular weight excluding hydrogens is 306 g/mol. The van der Waals surface area contributed by atoms with Gasteiger partial charge in [-0.05, 0) is 44.5 Å². The van der Waals surface area contributed by atoms with E-state index in [2.05, 4.69) is 34.3 Å². The van der Waals surface area contributed by atoms with E-state index in [1.165, 1.54) is 0 Å². The topological polar surface area (TPSA) is 42.2 Å². The number of hydrogen-bond acceptors (Lipinski definition) is 1. The lowest BCUT2D eigenvalue weighted by Crippen LogP contribution is -2.06. The molecule has 0 saturated carbocycles. The van der Waals surface area contributed by atoms with Gasteiger partial charge in [-0.2, -0.15) is 0 Å². The van der Waals surface area contributed by atoms with Crippen LogP contribution in [0.15, 0.2) is 34.8 Å². The Morgan fingerprint density at radius 1 is 1.26 bits per heavy atom. The average molecular weight is 322 g/mol. The summed E-state index contributed by atoms with van der Waals surface area (Å²) in [5, 5.41) is 9.26. The van der Waals surface area contributed by atoms with Crippen LogP contribution in [0.25, 0.3) is 11.3 Å². The number of aromatic carboxylic acids is 1. The molecule has 2 aromatic rings. The average Bonchev–Trinajstić information content (AvgIpc) is 2.68. The lowest BCUT2D eigenvalue weighted by atomic mass is 10.1. The van der Waals surface area contributed by atoms with Crippen molar-refractivity contribution in [3.8, 4) is 11.3 Å². The Kier molecular flexibility index (Phi) is 3.80. The normalized spacial score (nSPS) is 11.0. The molecule has 0 bridgehead atoms. The predicted octanol–water partition coefficient (Wildman–Crippen LogP) is 4.51.